The molecule has 3 N–H and O–H groups in total. The summed E-state index contributed by atoms with van der Waals surface area (Å²) in [5, 5.41) is 2.25. The summed E-state index contributed by atoms with van der Waals surface area (Å²) in [5.74, 6) is -3.03. The van der Waals surface area contributed by atoms with Gasteiger partial charge in [0.15, 0.2) is 0 Å². The van der Waals surface area contributed by atoms with Crippen LogP contribution in [0, 0.1) is 11.3 Å². The Morgan fingerprint density at radius 3 is 2.18 bits per heavy atom. The van der Waals surface area contributed by atoms with Crippen molar-refractivity contribution in [1.82, 2.24) is 5.32 Å². The van der Waals surface area contributed by atoms with Crippen LogP contribution in [0.3, 0.4) is 0 Å². The van der Waals surface area contributed by atoms with Crippen LogP contribution in [0.5, 0.6) is 0 Å². The van der Waals surface area contributed by atoms with Gasteiger partial charge in [0.2, 0.25) is 5.91 Å². The molecule has 3 nitrogen and oxygen atoms in total. The Bertz CT molecular complexity index is 246. The van der Waals surface area contributed by atoms with Gasteiger partial charge >= 0.3 is 0 Å². The summed E-state index contributed by atoms with van der Waals surface area (Å²) in [6, 6.07) is 0. The molecule has 17 heavy (non-hydrogen) atoms. The zero-order valence-corrected chi connectivity index (χ0v) is 11.7. The molecular weight excluding hydrogens is 250 g/mol. The Kier molecular flexibility index (Phi) is 7.92. The largest absolute Gasteiger partial charge is 0.350 e. The van der Waals surface area contributed by atoms with E-state index in [0.717, 1.165) is 0 Å². The molecule has 0 aromatic rings. The fourth-order valence-electron chi connectivity index (χ4n) is 1.63. The zero-order valence-electron chi connectivity index (χ0n) is 10.8. The molecule has 0 fully saturated rings. The predicted octanol–water partition coefficient (Wildman–Crippen LogP) is 2.19. The molecule has 0 aliphatic heterocycles. The molecular formula is C11H23ClF2N2O. The van der Waals surface area contributed by atoms with E-state index in [4.69, 9.17) is 5.73 Å². The van der Waals surface area contributed by atoms with Crippen molar-refractivity contribution >= 4 is 18.3 Å². The van der Waals surface area contributed by atoms with Crippen LogP contribution in [0.2, 0.25) is 0 Å². The number of hydrogen-bond donors (Lipinski definition) is 2. The lowest BCUT2D eigenvalue weighted by atomic mass is 9.83. The Morgan fingerprint density at radius 1 is 1.35 bits per heavy atom. The summed E-state index contributed by atoms with van der Waals surface area (Å²) < 4.78 is 25.6. The first-order valence-electron chi connectivity index (χ1n) is 5.47. The SMILES string of the molecule is CC(C)CC(C)(C)C(=O)NCC(F)(F)CN.Cl. The quantitative estimate of drug-likeness (QED) is 0.779. The summed E-state index contributed by atoms with van der Waals surface area (Å²) in [4.78, 5) is 11.7. The smallest absolute Gasteiger partial charge is 0.277 e. The monoisotopic (exact) mass is 272 g/mol. The van der Waals surface area contributed by atoms with Gasteiger partial charge in [-0.05, 0) is 12.3 Å². The van der Waals surface area contributed by atoms with E-state index in [2.05, 4.69) is 5.32 Å². The van der Waals surface area contributed by atoms with Crippen molar-refractivity contribution in [2.75, 3.05) is 13.1 Å². The van der Waals surface area contributed by atoms with Crippen LogP contribution in [-0.2, 0) is 4.79 Å². The van der Waals surface area contributed by atoms with Crippen LogP contribution in [-0.4, -0.2) is 24.9 Å². The molecule has 0 atom stereocenters. The molecule has 0 radical (unpaired) electrons. The second-order valence-electron chi connectivity index (χ2n) is 5.22. The number of carbonyl (C=O) groups excluding carboxylic acids is 1. The van der Waals surface area contributed by atoms with E-state index < -0.39 is 24.4 Å². The van der Waals surface area contributed by atoms with Crippen LogP contribution in [0.1, 0.15) is 34.1 Å². The van der Waals surface area contributed by atoms with Crippen molar-refractivity contribution in [2.24, 2.45) is 17.1 Å². The number of amides is 1. The average Bonchev–Trinajstić information content (AvgIpc) is 2.12. The lowest BCUT2D eigenvalue weighted by Crippen LogP contribution is -2.46. The molecule has 0 heterocycles. The Labute approximate surface area is 108 Å². The lowest BCUT2D eigenvalue weighted by Gasteiger charge is -2.26. The first kappa shape index (κ1) is 18.9. The first-order valence-corrected chi connectivity index (χ1v) is 5.47. The highest BCUT2D eigenvalue weighted by molar-refractivity contribution is 5.85. The van der Waals surface area contributed by atoms with E-state index in [1.54, 1.807) is 13.8 Å². The van der Waals surface area contributed by atoms with Gasteiger partial charge in [-0.3, -0.25) is 4.79 Å². The Morgan fingerprint density at radius 2 is 1.82 bits per heavy atom. The van der Waals surface area contributed by atoms with Gasteiger partial charge in [-0.1, -0.05) is 27.7 Å². The predicted molar refractivity (Wildman–Crippen MR) is 67.5 cm³/mol. The van der Waals surface area contributed by atoms with E-state index in [-0.39, 0.29) is 18.3 Å². The third kappa shape index (κ3) is 7.49. The molecule has 0 bridgehead atoms. The Hall–Kier alpha value is -0.420. The van der Waals surface area contributed by atoms with E-state index in [0.29, 0.717) is 12.3 Å². The van der Waals surface area contributed by atoms with Crippen LogP contribution >= 0.6 is 12.4 Å². The summed E-state index contributed by atoms with van der Waals surface area (Å²) in [5.41, 5.74) is 4.25. The van der Waals surface area contributed by atoms with Crippen molar-refractivity contribution < 1.29 is 13.6 Å². The van der Waals surface area contributed by atoms with Gasteiger partial charge in [0.05, 0.1) is 13.1 Å². The number of nitrogens with one attached hydrogen (secondary N) is 1. The van der Waals surface area contributed by atoms with Gasteiger partial charge in [0.1, 0.15) is 0 Å². The lowest BCUT2D eigenvalue weighted by molar-refractivity contribution is -0.131. The highest BCUT2D eigenvalue weighted by Gasteiger charge is 2.32. The molecule has 0 aliphatic carbocycles. The summed E-state index contributed by atoms with van der Waals surface area (Å²) >= 11 is 0. The summed E-state index contributed by atoms with van der Waals surface area (Å²) in [7, 11) is 0. The van der Waals surface area contributed by atoms with E-state index in [9.17, 15) is 13.6 Å². The maximum Gasteiger partial charge on any atom is 0.277 e. The van der Waals surface area contributed by atoms with Crippen molar-refractivity contribution in [2.45, 2.75) is 40.0 Å². The molecule has 104 valence electrons. The minimum atomic E-state index is -3.02. The number of halogens is 3. The maximum absolute atomic E-state index is 12.8. The van der Waals surface area contributed by atoms with Crippen molar-refractivity contribution in [3.63, 3.8) is 0 Å². The van der Waals surface area contributed by atoms with Crippen LogP contribution in [0.15, 0.2) is 0 Å². The van der Waals surface area contributed by atoms with Crippen molar-refractivity contribution in [3.05, 3.63) is 0 Å². The Balaban J connectivity index is 0. The van der Waals surface area contributed by atoms with Crippen molar-refractivity contribution in [1.29, 1.82) is 0 Å². The molecule has 1 amide bonds. The summed E-state index contributed by atoms with van der Waals surface area (Å²) in [6.45, 7) is 6.04. The molecule has 0 aliphatic rings. The van der Waals surface area contributed by atoms with Crippen LogP contribution in [0.25, 0.3) is 0 Å². The summed E-state index contributed by atoms with van der Waals surface area (Å²) in [6.07, 6.45) is 0.660. The molecule has 0 rings (SSSR count). The van der Waals surface area contributed by atoms with E-state index in [1.165, 1.54) is 0 Å². The molecule has 6 heteroatoms. The molecule has 0 saturated heterocycles. The molecule has 0 unspecified atom stereocenters. The van der Waals surface area contributed by atoms with Crippen LogP contribution < -0.4 is 11.1 Å². The second-order valence-corrected chi connectivity index (χ2v) is 5.22. The highest BCUT2D eigenvalue weighted by atomic mass is 35.5. The van der Waals surface area contributed by atoms with Gasteiger partial charge in [-0.25, -0.2) is 8.78 Å². The highest BCUT2D eigenvalue weighted by Crippen LogP contribution is 2.25. The fraction of sp³-hybridized carbons (Fsp3) is 0.909. The topological polar surface area (TPSA) is 55.1 Å². The minimum Gasteiger partial charge on any atom is -0.350 e. The number of carbonyl (C=O) groups is 1. The number of nitrogens with two attached hydrogens (primary N) is 1. The van der Waals surface area contributed by atoms with Gasteiger partial charge in [0, 0.05) is 5.41 Å². The molecule has 0 aromatic heterocycles. The molecule has 0 saturated carbocycles. The van der Waals surface area contributed by atoms with E-state index in [1.807, 2.05) is 13.8 Å². The minimum absolute atomic E-state index is 0. The second kappa shape index (κ2) is 7.11. The van der Waals surface area contributed by atoms with Gasteiger partial charge in [-0.2, -0.15) is 0 Å². The number of alkyl halides is 2. The molecule has 0 spiro atoms. The van der Waals surface area contributed by atoms with E-state index >= 15 is 0 Å². The fourth-order valence-corrected chi connectivity index (χ4v) is 1.63. The first-order chi connectivity index (χ1) is 7.10. The average molecular weight is 273 g/mol. The van der Waals surface area contributed by atoms with Gasteiger partial charge in [-0.15, -0.1) is 12.4 Å². The third-order valence-electron chi connectivity index (χ3n) is 2.34. The standard InChI is InChI=1S/C11H22F2N2O.ClH/c1-8(2)5-10(3,4)9(16)15-7-11(12,13)6-14;/h8H,5-7,14H2,1-4H3,(H,15,16);1H. The van der Waals surface area contributed by atoms with Crippen molar-refractivity contribution in [3.8, 4) is 0 Å². The molecule has 0 aromatic carbocycles. The zero-order chi connectivity index (χ0) is 13.0. The van der Waals surface area contributed by atoms with Gasteiger partial charge in [0.25, 0.3) is 5.92 Å². The maximum atomic E-state index is 12.8. The number of hydrogen-bond acceptors (Lipinski definition) is 2. The normalized spacial score (nSPS) is 12.2. The van der Waals surface area contributed by atoms with Crippen LogP contribution in [0.4, 0.5) is 8.78 Å². The number of rotatable bonds is 6. The van der Waals surface area contributed by atoms with Gasteiger partial charge < -0.3 is 11.1 Å². The third-order valence-corrected chi connectivity index (χ3v) is 2.34.